The fourth-order valence-corrected chi connectivity index (χ4v) is 4.98. The van der Waals surface area contributed by atoms with Crippen LogP contribution in [0.2, 0.25) is 0 Å². The van der Waals surface area contributed by atoms with E-state index in [0.717, 1.165) is 16.6 Å². The minimum atomic E-state index is -1.23. The molecule has 1 aromatic carbocycles. The maximum atomic E-state index is 14.0. The highest BCUT2D eigenvalue weighted by Gasteiger charge is 2.42. The van der Waals surface area contributed by atoms with E-state index in [1.54, 1.807) is 4.57 Å². The van der Waals surface area contributed by atoms with E-state index >= 15 is 0 Å². The molecule has 0 radical (unpaired) electrons. The molecule has 0 N–H and O–H groups in total. The average molecular weight is 437 g/mol. The summed E-state index contributed by atoms with van der Waals surface area (Å²) in [6.45, 7) is 3.90. The lowest BCUT2D eigenvalue weighted by Crippen LogP contribution is -2.43. The summed E-state index contributed by atoms with van der Waals surface area (Å²) in [6.07, 6.45) is 1.35. The molecule has 5 rings (SSSR count). The van der Waals surface area contributed by atoms with Gasteiger partial charge in [0.05, 0.1) is 12.2 Å². The zero-order valence-electron chi connectivity index (χ0n) is 15.6. The van der Waals surface area contributed by atoms with Crippen molar-refractivity contribution in [3.05, 3.63) is 56.5 Å². The topological polar surface area (TPSA) is 86.3 Å². The zero-order chi connectivity index (χ0) is 21.2. The summed E-state index contributed by atoms with van der Waals surface area (Å²) in [7, 11) is 0. The van der Waals surface area contributed by atoms with Crippen molar-refractivity contribution in [3.8, 4) is 16.6 Å². The second-order valence-corrected chi connectivity index (χ2v) is 8.68. The smallest absolute Gasteiger partial charge is 0.415 e. The van der Waals surface area contributed by atoms with Gasteiger partial charge >= 0.3 is 11.8 Å². The Morgan fingerprint density at radius 3 is 2.70 bits per heavy atom. The first kappa shape index (κ1) is 19.0. The molecule has 0 fully saturated rings. The molecule has 1 atom stereocenters. The summed E-state index contributed by atoms with van der Waals surface area (Å²) >= 11 is 1.24. The van der Waals surface area contributed by atoms with Crippen LogP contribution in [0.1, 0.15) is 17.5 Å². The van der Waals surface area contributed by atoms with E-state index in [1.807, 2.05) is 6.92 Å². The molecule has 0 spiro atoms. The molecule has 0 saturated heterocycles. The van der Waals surface area contributed by atoms with E-state index in [0.29, 0.717) is 37.3 Å². The Morgan fingerprint density at radius 2 is 2.00 bits per heavy atom. The summed E-state index contributed by atoms with van der Waals surface area (Å²) in [4.78, 5) is 21.6. The van der Waals surface area contributed by atoms with Gasteiger partial charge < -0.3 is 14.9 Å². The zero-order valence-corrected chi connectivity index (χ0v) is 16.4. The molecule has 4 heterocycles. The van der Waals surface area contributed by atoms with Crippen LogP contribution < -0.4 is 4.74 Å². The van der Waals surface area contributed by atoms with Gasteiger partial charge in [-0.2, -0.15) is 0 Å². The van der Waals surface area contributed by atoms with Crippen LogP contribution in [0.25, 0.3) is 10.6 Å². The number of thiazole rings is 1. The monoisotopic (exact) mass is 437 g/mol. The van der Waals surface area contributed by atoms with Gasteiger partial charge in [0, 0.05) is 41.1 Å². The third-order valence-corrected chi connectivity index (χ3v) is 6.19. The average Bonchev–Trinajstić information content (AvgIpc) is 3.36. The number of ether oxygens (including phenoxy) is 1. The molecule has 12 heteroatoms. The fraction of sp³-hybridized carbons (Fsp3) is 0.333. The largest absolute Gasteiger partial charge is 0.436 e. The van der Waals surface area contributed by atoms with Crippen molar-refractivity contribution in [1.29, 1.82) is 0 Å². The lowest BCUT2D eigenvalue weighted by atomic mass is 10.1. The number of halogens is 3. The number of rotatable bonds is 4. The van der Waals surface area contributed by atoms with Crippen molar-refractivity contribution in [3.63, 3.8) is 0 Å². The Kier molecular flexibility index (Phi) is 4.12. The van der Waals surface area contributed by atoms with E-state index < -0.39 is 28.0 Å². The van der Waals surface area contributed by atoms with E-state index in [9.17, 15) is 23.3 Å². The third kappa shape index (κ3) is 3.12. The molecular formula is C18H14F3N5O3S. The molecule has 0 saturated carbocycles. The molecular weight excluding hydrogens is 423 g/mol. The van der Waals surface area contributed by atoms with Crippen molar-refractivity contribution in [2.75, 3.05) is 6.54 Å². The first-order valence-electron chi connectivity index (χ1n) is 8.97. The predicted octanol–water partition coefficient (Wildman–Crippen LogP) is 3.50. The number of nitrogens with zero attached hydrogens (tertiary/aromatic N) is 5. The Bertz CT molecular complexity index is 1150. The van der Waals surface area contributed by atoms with Crippen LogP contribution in [-0.2, 0) is 19.6 Å². The highest BCUT2D eigenvalue weighted by atomic mass is 32.1. The number of fused-ring (bicyclic) bond motifs is 2. The molecule has 30 heavy (non-hydrogen) atoms. The number of aromatic nitrogens is 3. The summed E-state index contributed by atoms with van der Waals surface area (Å²) in [5.41, 5.74) is 0.0905. The molecule has 0 amide bonds. The van der Waals surface area contributed by atoms with E-state index in [4.69, 9.17) is 4.74 Å². The van der Waals surface area contributed by atoms with Gasteiger partial charge in [-0.25, -0.2) is 18.2 Å². The fourth-order valence-electron chi connectivity index (χ4n) is 3.85. The highest BCUT2D eigenvalue weighted by molar-refractivity contribution is 7.15. The molecule has 156 valence electrons. The summed E-state index contributed by atoms with van der Waals surface area (Å²) < 4.78 is 48.2. The quantitative estimate of drug-likeness (QED) is 0.353. The van der Waals surface area contributed by atoms with Crippen molar-refractivity contribution < 1.29 is 22.8 Å². The standard InChI is InChI=1S/C18H14F3N5O3S/c1-18(8-25-6-15(26(27)28)23-17(25)29-18)7-24-4-13-14(5-24)30-16(22-13)9-2-11(20)12(21)3-10(9)19/h2-3,6H,4-5,7-8H2,1H3. The van der Waals surface area contributed by atoms with E-state index in [1.165, 1.54) is 17.5 Å². The molecule has 1 unspecified atom stereocenters. The van der Waals surface area contributed by atoms with Crippen LogP contribution in [0.15, 0.2) is 18.3 Å². The van der Waals surface area contributed by atoms with Gasteiger partial charge in [-0.05, 0) is 17.9 Å². The molecule has 8 nitrogen and oxygen atoms in total. The molecule has 0 bridgehead atoms. The van der Waals surface area contributed by atoms with Gasteiger partial charge in [-0.3, -0.25) is 9.47 Å². The number of imidazole rings is 1. The second kappa shape index (κ2) is 6.51. The van der Waals surface area contributed by atoms with Crippen LogP contribution in [-0.4, -0.2) is 36.5 Å². The Hall–Kier alpha value is -2.99. The lowest BCUT2D eigenvalue weighted by Gasteiger charge is -2.27. The van der Waals surface area contributed by atoms with Gasteiger partial charge in [0.2, 0.25) is 0 Å². The minimum Gasteiger partial charge on any atom is -0.436 e. The maximum absolute atomic E-state index is 14.0. The molecule has 0 aliphatic carbocycles. The molecule has 3 aromatic rings. The van der Waals surface area contributed by atoms with Crippen molar-refractivity contribution >= 4 is 17.2 Å². The summed E-state index contributed by atoms with van der Waals surface area (Å²) in [5, 5.41) is 11.1. The first-order valence-corrected chi connectivity index (χ1v) is 9.79. The Labute approximate surface area is 171 Å². The predicted molar refractivity (Wildman–Crippen MR) is 99.5 cm³/mol. The first-order chi connectivity index (χ1) is 14.2. The second-order valence-electron chi connectivity index (χ2n) is 7.60. The van der Waals surface area contributed by atoms with Crippen molar-refractivity contribution in [2.24, 2.45) is 0 Å². The number of hydrogen-bond donors (Lipinski definition) is 0. The van der Waals surface area contributed by atoms with Gasteiger partial charge in [-0.1, -0.05) is 0 Å². The maximum Gasteiger partial charge on any atom is 0.415 e. The highest BCUT2D eigenvalue weighted by Crippen LogP contribution is 2.37. The normalized spacial score (nSPS) is 20.3. The van der Waals surface area contributed by atoms with Crippen LogP contribution >= 0.6 is 11.3 Å². The lowest BCUT2D eigenvalue weighted by molar-refractivity contribution is -0.389. The molecule has 2 aliphatic heterocycles. The SMILES string of the molecule is CC1(CN2Cc3nc(-c4cc(F)c(F)cc4F)sc3C2)Cn2cc([N+](=O)[O-])nc2O1. The summed E-state index contributed by atoms with van der Waals surface area (Å²) in [6, 6.07) is 1.56. The number of nitro groups is 1. The van der Waals surface area contributed by atoms with Crippen molar-refractivity contribution in [2.45, 2.75) is 32.2 Å². The van der Waals surface area contributed by atoms with Crippen LogP contribution in [0.3, 0.4) is 0 Å². The van der Waals surface area contributed by atoms with Gasteiger partial charge in [0.1, 0.15) is 22.6 Å². The van der Waals surface area contributed by atoms with Gasteiger partial charge in [0.25, 0.3) is 0 Å². The van der Waals surface area contributed by atoms with Crippen molar-refractivity contribution in [1.82, 2.24) is 19.4 Å². The van der Waals surface area contributed by atoms with E-state index in [-0.39, 0.29) is 17.4 Å². The Morgan fingerprint density at radius 1 is 1.23 bits per heavy atom. The van der Waals surface area contributed by atoms with Gasteiger partial charge in [0.15, 0.2) is 11.6 Å². The number of benzene rings is 1. The van der Waals surface area contributed by atoms with E-state index in [2.05, 4.69) is 14.9 Å². The minimum absolute atomic E-state index is 0.0574. The Balaban J connectivity index is 1.28. The van der Waals surface area contributed by atoms with Gasteiger partial charge in [-0.15, -0.1) is 11.3 Å². The third-order valence-electron chi connectivity index (χ3n) is 5.07. The van der Waals surface area contributed by atoms with Crippen LogP contribution in [0, 0.1) is 27.6 Å². The molecule has 2 aromatic heterocycles. The van der Waals surface area contributed by atoms with Crippen LogP contribution in [0.5, 0.6) is 6.01 Å². The summed E-state index contributed by atoms with van der Waals surface area (Å²) in [5.74, 6) is -3.46. The van der Waals surface area contributed by atoms with Crippen LogP contribution in [0.4, 0.5) is 19.0 Å². The number of hydrogen-bond acceptors (Lipinski definition) is 7. The molecule has 2 aliphatic rings.